The van der Waals surface area contributed by atoms with E-state index in [0.29, 0.717) is 25.9 Å². The van der Waals surface area contributed by atoms with Crippen molar-refractivity contribution in [2.45, 2.75) is 53.0 Å². The number of aliphatic carboxylic acids is 1. The number of nitrogens with one attached hydrogen (secondary N) is 1. The van der Waals surface area contributed by atoms with Crippen LogP contribution in [0.1, 0.15) is 46.1 Å². The summed E-state index contributed by atoms with van der Waals surface area (Å²) in [6.07, 6.45) is 1.10. The molecule has 2 N–H and O–H groups in total. The molecule has 24 heavy (non-hydrogen) atoms. The molecule has 134 valence electrons. The number of carbonyl (C=O) groups excluding carboxylic acids is 1. The first-order valence-electron chi connectivity index (χ1n) is 8.52. The number of benzene rings is 1. The van der Waals surface area contributed by atoms with Crippen molar-refractivity contribution in [3.05, 3.63) is 35.9 Å². The SMILES string of the molecule is CCN(CC(C)(C)C)C(=O)NC(CCC(=O)O)Cc1ccccc1. The molecule has 0 spiro atoms. The van der Waals surface area contributed by atoms with E-state index in [9.17, 15) is 9.59 Å². The Bertz CT molecular complexity index is 523. The van der Waals surface area contributed by atoms with E-state index in [1.54, 1.807) is 4.90 Å². The van der Waals surface area contributed by atoms with Crippen LogP contribution in [0.2, 0.25) is 0 Å². The zero-order valence-corrected chi connectivity index (χ0v) is 15.2. The van der Waals surface area contributed by atoms with Gasteiger partial charge in [-0.25, -0.2) is 4.79 Å². The number of nitrogens with zero attached hydrogens (tertiary/aromatic N) is 1. The molecule has 2 amide bonds. The second kappa shape index (κ2) is 9.30. The number of amides is 2. The third-order valence-electron chi connectivity index (χ3n) is 3.69. The third kappa shape index (κ3) is 7.99. The van der Waals surface area contributed by atoms with Gasteiger partial charge in [-0.1, -0.05) is 51.1 Å². The van der Waals surface area contributed by atoms with Gasteiger partial charge < -0.3 is 15.3 Å². The molecule has 0 saturated carbocycles. The number of hydrogen-bond acceptors (Lipinski definition) is 2. The van der Waals surface area contributed by atoms with Crippen LogP contribution in [0.5, 0.6) is 0 Å². The summed E-state index contributed by atoms with van der Waals surface area (Å²) < 4.78 is 0. The Balaban J connectivity index is 2.74. The summed E-state index contributed by atoms with van der Waals surface area (Å²) in [4.78, 5) is 25.2. The molecule has 1 unspecified atom stereocenters. The van der Waals surface area contributed by atoms with E-state index in [4.69, 9.17) is 5.11 Å². The number of carboxylic acid groups (broad SMARTS) is 1. The summed E-state index contributed by atoms with van der Waals surface area (Å²) in [6, 6.07) is 9.51. The van der Waals surface area contributed by atoms with E-state index in [1.807, 2.05) is 37.3 Å². The molecule has 1 rings (SSSR count). The van der Waals surface area contributed by atoms with Gasteiger partial charge in [-0.2, -0.15) is 0 Å². The number of urea groups is 1. The monoisotopic (exact) mass is 334 g/mol. The largest absolute Gasteiger partial charge is 0.481 e. The zero-order valence-electron chi connectivity index (χ0n) is 15.2. The predicted molar refractivity (Wildman–Crippen MR) is 96.0 cm³/mol. The Morgan fingerprint density at radius 2 is 1.83 bits per heavy atom. The van der Waals surface area contributed by atoms with Crippen LogP contribution < -0.4 is 5.32 Å². The van der Waals surface area contributed by atoms with E-state index in [2.05, 4.69) is 26.1 Å². The fourth-order valence-electron chi connectivity index (χ4n) is 2.59. The highest BCUT2D eigenvalue weighted by Crippen LogP contribution is 2.16. The van der Waals surface area contributed by atoms with E-state index < -0.39 is 5.97 Å². The third-order valence-corrected chi connectivity index (χ3v) is 3.69. The van der Waals surface area contributed by atoms with Gasteiger partial charge in [0.2, 0.25) is 0 Å². The fourth-order valence-corrected chi connectivity index (χ4v) is 2.59. The van der Waals surface area contributed by atoms with Gasteiger partial charge >= 0.3 is 12.0 Å². The number of hydrogen-bond donors (Lipinski definition) is 2. The van der Waals surface area contributed by atoms with Crippen LogP contribution in [0.15, 0.2) is 30.3 Å². The van der Waals surface area contributed by atoms with Crippen molar-refractivity contribution in [3.8, 4) is 0 Å². The van der Waals surface area contributed by atoms with Crippen LogP contribution in [0.4, 0.5) is 4.79 Å². The number of carbonyl (C=O) groups is 2. The maximum absolute atomic E-state index is 12.6. The van der Waals surface area contributed by atoms with Crippen LogP contribution in [0.3, 0.4) is 0 Å². The maximum Gasteiger partial charge on any atom is 0.317 e. The highest BCUT2D eigenvalue weighted by atomic mass is 16.4. The molecule has 0 saturated heterocycles. The van der Waals surface area contributed by atoms with Gasteiger partial charge in [-0.05, 0) is 30.7 Å². The lowest BCUT2D eigenvalue weighted by Gasteiger charge is -2.31. The second-order valence-corrected chi connectivity index (χ2v) is 7.34. The Labute approximate surface area is 145 Å². The Morgan fingerprint density at radius 1 is 1.21 bits per heavy atom. The van der Waals surface area contributed by atoms with Crippen molar-refractivity contribution in [2.24, 2.45) is 5.41 Å². The van der Waals surface area contributed by atoms with E-state index in [-0.39, 0.29) is 23.9 Å². The molecule has 5 nitrogen and oxygen atoms in total. The standard InChI is InChI=1S/C19H30N2O3/c1-5-21(14-19(2,3)4)18(24)20-16(11-12-17(22)23)13-15-9-7-6-8-10-15/h6-10,16H,5,11-14H2,1-4H3,(H,20,24)(H,22,23). The van der Waals surface area contributed by atoms with Crippen LogP contribution in [0.25, 0.3) is 0 Å². The molecule has 0 bridgehead atoms. The van der Waals surface area contributed by atoms with E-state index in [0.717, 1.165) is 5.56 Å². The molecule has 1 aromatic rings. The van der Waals surface area contributed by atoms with Crippen molar-refractivity contribution in [1.29, 1.82) is 0 Å². The number of rotatable bonds is 8. The normalized spacial score (nSPS) is 12.5. The van der Waals surface area contributed by atoms with E-state index in [1.165, 1.54) is 0 Å². The summed E-state index contributed by atoms with van der Waals surface area (Å²) in [5, 5.41) is 12.0. The zero-order chi connectivity index (χ0) is 18.2. The number of carboxylic acids is 1. The molecule has 1 aromatic carbocycles. The van der Waals surface area contributed by atoms with E-state index >= 15 is 0 Å². The minimum Gasteiger partial charge on any atom is -0.481 e. The highest BCUT2D eigenvalue weighted by molar-refractivity contribution is 5.74. The van der Waals surface area contributed by atoms with Gasteiger partial charge in [0.1, 0.15) is 0 Å². The van der Waals surface area contributed by atoms with Crippen LogP contribution in [-0.2, 0) is 11.2 Å². The van der Waals surface area contributed by atoms with Crippen molar-refractivity contribution in [2.75, 3.05) is 13.1 Å². The minimum atomic E-state index is -0.843. The first-order valence-corrected chi connectivity index (χ1v) is 8.52. The Morgan fingerprint density at radius 3 is 2.33 bits per heavy atom. The first-order chi connectivity index (χ1) is 11.2. The molecular formula is C19H30N2O3. The second-order valence-electron chi connectivity index (χ2n) is 7.34. The summed E-state index contributed by atoms with van der Waals surface area (Å²) in [5.41, 5.74) is 1.11. The van der Waals surface area contributed by atoms with Gasteiger partial charge in [0.05, 0.1) is 0 Å². The molecular weight excluding hydrogens is 304 g/mol. The summed E-state index contributed by atoms with van der Waals surface area (Å²) in [5.74, 6) is -0.843. The summed E-state index contributed by atoms with van der Waals surface area (Å²) in [7, 11) is 0. The lowest BCUT2D eigenvalue weighted by molar-refractivity contribution is -0.137. The van der Waals surface area contributed by atoms with Crippen molar-refractivity contribution < 1.29 is 14.7 Å². The molecule has 0 radical (unpaired) electrons. The predicted octanol–water partition coefficient (Wildman–Crippen LogP) is 3.54. The van der Waals surface area contributed by atoms with Gasteiger partial charge in [-0.3, -0.25) is 4.79 Å². The topological polar surface area (TPSA) is 69.6 Å². The first kappa shape index (κ1) is 20.0. The molecule has 0 aliphatic rings. The molecule has 1 atom stereocenters. The molecule has 5 heteroatoms. The lowest BCUT2D eigenvalue weighted by Crippen LogP contribution is -2.48. The molecule has 0 aliphatic heterocycles. The highest BCUT2D eigenvalue weighted by Gasteiger charge is 2.22. The summed E-state index contributed by atoms with van der Waals surface area (Å²) in [6.45, 7) is 9.51. The average Bonchev–Trinajstić information content (AvgIpc) is 2.50. The van der Waals surface area contributed by atoms with Crippen molar-refractivity contribution in [3.63, 3.8) is 0 Å². The van der Waals surface area contributed by atoms with Crippen LogP contribution >= 0.6 is 0 Å². The van der Waals surface area contributed by atoms with Gasteiger partial charge in [0.15, 0.2) is 0 Å². The molecule has 0 heterocycles. The Kier molecular flexibility index (Phi) is 7.75. The van der Waals surface area contributed by atoms with Gasteiger partial charge in [0.25, 0.3) is 0 Å². The minimum absolute atomic E-state index is 0.0172. The van der Waals surface area contributed by atoms with Gasteiger partial charge in [-0.15, -0.1) is 0 Å². The van der Waals surface area contributed by atoms with Crippen molar-refractivity contribution >= 4 is 12.0 Å². The summed E-state index contributed by atoms with van der Waals surface area (Å²) >= 11 is 0. The fraction of sp³-hybridized carbons (Fsp3) is 0.579. The average molecular weight is 334 g/mol. The maximum atomic E-state index is 12.6. The lowest BCUT2D eigenvalue weighted by atomic mass is 9.96. The van der Waals surface area contributed by atoms with Crippen LogP contribution in [-0.4, -0.2) is 41.1 Å². The Hall–Kier alpha value is -2.04. The van der Waals surface area contributed by atoms with Gasteiger partial charge in [0, 0.05) is 25.6 Å². The molecule has 0 aromatic heterocycles. The van der Waals surface area contributed by atoms with Crippen molar-refractivity contribution in [1.82, 2.24) is 10.2 Å². The molecule has 0 aliphatic carbocycles. The smallest absolute Gasteiger partial charge is 0.317 e. The molecule has 0 fully saturated rings. The quantitative estimate of drug-likeness (QED) is 0.764. The van der Waals surface area contributed by atoms with Crippen LogP contribution in [0, 0.1) is 5.41 Å².